The first-order valence-corrected chi connectivity index (χ1v) is 5.74. The monoisotopic (exact) mass is 240 g/mol. The van der Waals surface area contributed by atoms with E-state index < -0.39 is 0 Å². The van der Waals surface area contributed by atoms with E-state index in [1.807, 2.05) is 25.1 Å². The van der Waals surface area contributed by atoms with Crippen LogP contribution in [0.1, 0.15) is 25.1 Å². The highest BCUT2D eigenvalue weighted by molar-refractivity contribution is 6.22. The maximum Gasteiger partial charge on any atom is 0.0896 e. The standard InChI is InChI=1S/C14H16N4/c1-8-4-5-12-13(18-8)6-11(7-17-12)14(9(2)15)10(3)16/h4-7,15H,16H2,1-3H3/b14-10+,15-9?. The summed E-state index contributed by atoms with van der Waals surface area (Å²) in [7, 11) is 0. The highest BCUT2D eigenvalue weighted by atomic mass is 14.8. The van der Waals surface area contributed by atoms with Crippen molar-refractivity contribution in [1.82, 2.24) is 9.97 Å². The number of hydrogen-bond acceptors (Lipinski definition) is 4. The Labute approximate surface area is 106 Å². The average molecular weight is 240 g/mol. The highest BCUT2D eigenvalue weighted by Crippen LogP contribution is 2.20. The Morgan fingerprint density at radius 2 is 1.94 bits per heavy atom. The number of rotatable bonds is 2. The summed E-state index contributed by atoms with van der Waals surface area (Å²) in [4.78, 5) is 8.80. The summed E-state index contributed by atoms with van der Waals surface area (Å²) >= 11 is 0. The van der Waals surface area contributed by atoms with E-state index in [2.05, 4.69) is 9.97 Å². The van der Waals surface area contributed by atoms with Gasteiger partial charge in [-0.25, -0.2) is 0 Å². The molecule has 0 aliphatic heterocycles. The van der Waals surface area contributed by atoms with Crippen molar-refractivity contribution in [2.24, 2.45) is 5.73 Å². The maximum absolute atomic E-state index is 7.78. The van der Waals surface area contributed by atoms with Crippen LogP contribution in [0.25, 0.3) is 16.6 Å². The van der Waals surface area contributed by atoms with Gasteiger partial charge in [-0.15, -0.1) is 0 Å². The van der Waals surface area contributed by atoms with Crippen LogP contribution in [0.15, 0.2) is 30.1 Å². The van der Waals surface area contributed by atoms with Crippen LogP contribution in [-0.4, -0.2) is 15.7 Å². The number of fused-ring (bicyclic) bond motifs is 1. The van der Waals surface area contributed by atoms with E-state index in [1.165, 1.54) is 0 Å². The molecule has 0 atom stereocenters. The maximum atomic E-state index is 7.78. The van der Waals surface area contributed by atoms with Gasteiger partial charge in [-0.1, -0.05) is 0 Å². The molecule has 2 heterocycles. The summed E-state index contributed by atoms with van der Waals surface area (Å²) in [6.07, 6.45) is 1.74. The molecule has 0 fully saturated rings. The summed E-state index contributed by atoms with van der Waals surface area (Å²) < 4.78 is 0. The molecule has 0 amide bonds. The molecule has 0 aliphatic rings. The number of nitrogens with zero attached hydrogens (tertiary/aromatic N) is 2. The molecule has 0 aliphatic carbocycles. The van der Waals surface area contributed by atoms with Crippen molar-refractivity contribution in [3.8, 4) is 0 Å². The molecule has 0 saturated heterocycles. The summed E-state index contributed by atoms with van der Waals surface area (Å²) in [5.41, 5.74) is 11.1. The van der Waals surface area contributed by atoms with Crippen LogP contribution in [0.2, 0.25) is 0 Å². The van der Waals surface area contributed by atoms with Crippen molar-refractivity contribution in [1.29, 1.82) is 5.41 Å². The summed E-state index contributed by atoms with van der Waals surface area (Å²) in [6.45, 7) is 5.46. The third-order valence-electron chi connectivity index (χ3n) is 2.73. The second-order valence-corrected chi connectivity index (χ2v) is 4.40. The van der Waals surface area contributed by atoms with E-state index in [9.17, 15) is 0 Å². The molecule has 2 rings (SSSR count). The van der Waals surface area contributed by atoms with Crippen molar-refractivity contribution in [2.75, 3.05) is 0 Å². The quantitative estimate of drug-likeness (QED) is 0.792. The molecule has 0 radical (unpaired) electrons. The minimum Gasteiger partial charge on any atom is -0.402 e. The van der Waals surface area contributed by atoms with E-state index in [1.54, 1.807) is 20.0 Å². The lowest BCUT2D eigenvalue weighted by atomic mass is 10.0. The first kappa shape index (κ1) is 12.2. The molecule has 2 aromatic rings. The minimum atomic E-state index is 0.434. The molecule has 92 valence electrons. The fourth-order valence-corrected chi connectivity index (χ4v) is 1.99. The SMILES string of the molecule is CC(=N)/C(=C(/C)N)c1cnc2ccc(C)nc2c1. The third-order valence-corrected chi connectivity index (χ3v) is 2.73. The molecule has 2 aromatic heterocycles. The van der Waals surface area contributed by atoms with Gasteiger partial charge in [-0.05, 0) is 39.0 Å². The van der Waals surface area contributed by atoms with Gasteiger partial charge in [0.25, 0.3) is 0 Å². The van der Waals surface area contributed by atoms with Gasteiger partial charge in [0.15, 0.2) is 0 Å². The summed E-state index contributed by atoms with van der Waals surface area (Å²) in [5, 5.41) is 7.78. The zero-order valence-corrected chi connectivity index (χ0v) is 10.8. The first-order valence-electron chi connectivity index (χ1n) is 5.74. The van der Waals surface area contributed by atoms with Gasteiger partial charge in [0.2, 0.25) is 0 Å². The van der Waals surface area contributed by atoms with Crippen molar-refractivity contribution < 1.29 is 0 Å². The number of hydrogen-bond donors (Lipinski definition) is 2. The predicted octanol–water partition coefficient (Wildman–Crippen LogP) is 2.67. The Kier molecular flexibility index (Phi) is 3.10. The second kappa shape index (κ2) is 4.56. The van der Waals surface area contributed by atoms with Crippen molar-refractivity contribution in [3.63, 3.8) is 0 Å². The molecule has 18 heavy (non-hydrogen) atoms. The smallest absolute Gasteiger partial charge is 0.0896 e. The Bertz CT molecular complexity index is 652. The summed E-state index contributed by atoms with van der Waals surface area (Å²) in [5.74, 6) is 0. The molecular weight excluding hydrogens is 224 g/mol. The van der Waals surface area contributed by atoms with E-state index >= 15 is 0 Å². The number of aromatic nitrogens is 2. The second-order valence-electron chi connectivity index (χ2n) is 4.40. The van der Waals surface area contributed by atoms with Crippen molar-refractivity contribution in [3.05, 3.63) is 41.4 Å². The van der Waals surface area contributed by atoms with Crippen LogP contribution in [0.5, 0.6) is 0 Å². The average Bonchev–Trinajstić information content (AvgIpc) is 2.27. The number of nitrogens with one attached hydrogen (secondary N) is 1. The lowest BCUT2D eigenvalue weighted by Gasteiger charge is -2.09. The van der Waals surface area contributed by atoms with E-state index in [0.29, 0.717) is 11.4 Å². The first-order chi connectivity index (χ1) is 8.49. The van der Waals surface area contributed by atoms with Gasteiger partial charge >= 0.3 is 0 Å². The Morgan fingerprint density at radius 3 is 2.56 bits per heavy atom. The van der Waals surface area contributed by atoms with Crippen LogP contribution in [0, 0.1) is 12.3 Å². The van der Waals surface area contributed by atoms with Gasteiger partial charge in [0.1, 0.15) is 0 Å². The van der Waals surface area contributed by atoms with Gasteiger partial charge in [-0.2, -0.15) is 0 Å². The number of pyridine rings is 2. The van der Waals surface area contributed by atoms with Crippen LogP contribution in [0.4, 0.5) is 0 Å². The highest BCUT2D eigenvalue weighted by Gasteiger charge is 2.09. The third kappa shape index (κ3) is 2.22. The topological polar surface area (TPSA) is 75.7 Å². The molecule has 4 heteroatoms. The molecule has 3 N–H and O–H groups in total. The summed E-state index contributed by atoms with van der Waals surface area (Å²) in [6, 6.07) is 5.80. The normalized spacial score (nSPS) is 12.4. The zero-order valence-electron chi connectivity index (χ0n) is 10.8. The molecule has 0 bridgehead atoms. The van der Waals surface area contributed by atoms with Crippen LogP contribution in [0.3, 0.4) is 0 Å². The lowest BCUT2D eigenvalue weighted by Crippen LogP contribution is -2.05. The number of nitrogens with two attached hydrogens (primary N) is 1. The zero-order chi connectivity index (χ0) is 13.3. The lowest BCUT2D eigenvalue weighted by molar-refractivity contribution is 1.23. The van der Waals surface area contributed by atoms with Crippen LogP contribution < -0.4 is 5.73 Å². The van der Waals surface area contributed by atoms with Gasteiger partial charge in [0, 0.05) is 34.4 Å². The van der Waals surface area contributed by atoms with Gasteiger partial charge < -0.3 is 11.1 Å². The van der Waals surface area contributed by atoms with E-state index in [4.69, 9.17) is 11.1 Å². The fraction of sp³-hybridized carbons (Fsp3) is 0.214. The van der Waals surface area contributed by atoms with Crippen LogP contribution in [-0.2, 0) is 0 Å². The fourth-order valence-electron chi connectivity index (χ4n) is 1.99. The minimum absolute atomic E-state index is 0.434. The Hall–Kier alpha value is -2.23. The Morgan fingerprint density at radius 1 is 1.22 bits per heavy atom. The molecule has 0 spiro atoms. The molecule has 0 aromatic carbocycles. The van der Waals surface area contributed by atoms with E-state index in [-0.39, 0.29) is 0 Å². The largest absolute Gasteiger partial charge is 0.402 e. The van der Waals surface area contributed by atoms with E-state index in [0.717, 1.165) is 27.9 Å². The van der Waals surface area contributed by atoms with Crippen molar-refractivity contribution >= 4 is 22.3 Å². The predicted molar refractivity (Wildman–Crippen MR) is 74.5 cm³/mol. The molecule has 4 nitrogen and oxygen atoms in total. The van der Waals surface area contributed by atoms with Crippen molar-refractivity contribution in [2.45, 2.75) is 20.8 Å². The Balaban J connectivity index is 2.66. The molecule has 0 saturated carbocycles. The van der Waals surface area contributed by atoms with Crippen LogP contribution >= 0.6 is 0 Å². The number of allylic oxidation sites excluding steroid dienone is 2. The number of aryl methyl sites for hydroxylation is 1. The molecule has 0 unspecified atom stereocenters. The van der Waals surface area contributed by atoms with Gasteiger partial charge in [0.05, 0.1) is 11.0 Å². The molecular formula is C14H16N4. The van der Waals surface area contributed by atoms with Gasteiger partial charge in [-0.3, -0.25) is 9.97 Å².